The molecule has 0 unspecified atom stereocenters. The number of likely N-dealkylation sites (tertiary alicyclic amines) is 1. The molecule has 110 valence electrons. The van der Waals surface area contributed by atoms with Gasteiger partial charge in [-0.05, 0) is 12.1 Å². The van der Waals surface area contributed by atoms with E-state index in [9.17, 15) is 13.2 Å². The number of quaternary nitrogens is 1. The van der Waals surface area contributed by atoms with Crippen LogP contribution in [0.4, 0.5) is 0 Å². The molecule has 0 atom stereocenters. The highest BCUT2D eigenvalue weighted by Crippen LogP contribution is 2.10. The van der Waals surface area contributed by atoms with E-state index in [1.807, 2.05) is 0 Å². The first kappa shape index (κ1) is 15.0. The first-order valence-corrected chi connectivity index (χ1v) is 8.55. The Hall–Kier alpha value is -1.40. The van der Waals surface area contributed by atoms with E-state index in [4.69, 9.17) is 5.73 Å². The summed E-state index contributed by atoms with van der Waals surface area (Å²) < 4.78 is 24.3. The van der Waals surface area contributed by atoms with Crippen molar-refractivity contribution >= 4 is 15.7 Å². The van der Waals surface area contributed by atoms with Crippen LogP contribution in [0.15, 0.2) is 35.2 Å². The molecule has 1 heterocycles. The van der Waals surface area contributed by atoms with Crippen molar-refractivity contribution in [3.05, 3.63) is 30.3 Å². The SMILES string of the molecule is NC(=O)C1CC[NH+](CCS(=O)(=O)c2ccccc2)CC1. The van der Waals surface area contributed by atoms with Gasteiger partial charge in [-0.25, -0.2) is 8.42 Å². The molecule has 1 aliphatic heterocycles. The number of hydrogen-bond donors (Lipinski definition) is 2. The molecule has 1 aromatic carbocycles. The van der Waals surface area contributed by atoms with Crippen LogP contribution >= 0.6 is 0 Å². The van der Waals surface area contributed by atoms with E-state index in [1.165, 1.54) is 4.90 Å². The van der Waals surface area contributed by atoms with Gasteiger partial charge in [0.05, 0.1) is 24.5 Å². The Morgan fingerprint density at radius 3 is 2.35 bits per heavy atom. The van der Waals surface area contributed by atoms with Crippen molar-refractivity contribution < 1.29 is 18.1 Å². The van der Waals surface area contributed by atoms with Crippen molar-refractivity contribution in [1.82, 2.24) is 0 Å². The Bertz CT molecular complexity index is 549. The molecule has 0 spiro atoms. The summed E-state index contributed by atoms with van der Waals surface area (Å²) in [6.07, 6.45) is 1.52. The molecule has 20 heavy (non-hydrogen) atoms. The first-order chi connectivity index (χ1) is 9.49. The molecule has 0 bridgehead atoms. The summed E-state index contributed by atoms with van der Waals surface area (Å²) in [7, 11) is -3.20. The number of nitrogens with two attached hydrogens (primary N) is 1. The molecular formula is C14H21N2O3S+. The number of rotatable bonds is 5. The standard InChI is InChI=1S/C14H20N2O3S/c15-14(17)12-6-8-16(9-7-12)10-11-20(18,19)13-4-2-1-3-5-13/h1-5,12H,6-11H2,(H2,15,17)/p+1. The van der Waals surface area contributed by atoms with Gasteiger partial charge in [-0.1, -0.05) is 18.2 Å². The quantitative estimate of drug-likeness (QED) is 0.749. The van der Waals surface area contributed by atoms with Gasteiger partial charge in [-0.15, -0.1) is 0 Å². The van der Waals surface area contributed by atoms with Crippen LogP contribution in [0.25, 0.3) is 0 Å². The number of benzene rings is 1. The van der Waals surface area contributed by atoms with Crippen molar-refractivity contribution in [1.29, 1.82) is 0 Å². The fourth-order valence-electron chi connectivity index (χ4n) is 2.58. The van der Waals surface area contributed by atoms with Crippen LogP contribution in [0.3, 0.4) is 0 Å². The molecule has 5 nitrogen and oxygen atoms in total. The van der Waals surface area contributed by atoms with Gasteiger partial charge in [0.15, 0.2) is 9.84 Å². The van der Waals surface area contributed by atoms with E-state index < -0.39 is 9.84 Å². The Kier molecular flexibility index (Phi) is 4.77. The van der Waals surface area contributed by atoms with Gasteiger partial charge in [-0.2, -0.15) is 0 Å². The smallest absolute Gasteiger partial charge is 0.220 e. The Labute approximate surface area is 119 Å². The summed E-state index contributed by atoms with van der Waals surface area (Å²) in [6.45, 7) is 2.22. The van der Waals surface area contributed by atoms with Gasteiger partial charge in [0.25, 0.3) is 0 Å². The van der Waals surface area contributed by atoms with Crippen LogP contribution in [-0.2, 0) is 14.6 Å². The van der Waals surface area contributed by atoms with Crippen LogP contribution in [0.2, 0.25) is 0 Å². The normalized spacial score (nSPS) is 23.4. The van der Waals surface area contributed by atoms with Gasteiger partial charge >= 0.3 is 0 Å². The van der Waals surface area contributed by atoms with E-state index in [2.05, 4.69) is 0 Å². The number of primary amides is 1. The fraction of sp³-hybridized carbons (Fsp3) is 0.500. The lowest BCUT2D eigenvalue weighted by atomic mass is 9.96. The molecule has 1 amide bonds. The van der Waals surface area contributed by atoms with E-state index in [1.54, 1.807) is 30.3 Å². The highest BCUT2D eigenvalue weighted by Gasteiger charge is 2.27. The number of hydrogen-bond acceptors (Lipinski definition) is 3. The molecule has 2 rings (SSSR count). The molecule has 0 radical (unpaired) electrons. The second-order valence-electron chi connectivity index (χ2n) is 5.31. The van der Waals surface area contributed by atoms with E-state index in [-0.39, 0.29) is 17.6 Å². The van der Waals surface area contributed by atoms with Crippen LogP contribution in [0.5, 0.6) is 0 Å². The van der Waals surface area contributed by atoms with Crippen LogP contribution in [-0.4, -0.2) is 39.7 Å². The predicted molar refractivity (Wildman–Crippen MR) is 76.0 cm³/mol. The second kappa shape index (κ2) is 6.37. The summed E-state index contributed by atoms with van der Waals surface area (Å²) >= 11 is 0. The molecule has 0 saturated carbocycles. The molecule has 1 fully saturated rings. The fourth-order valence-corrected chi connectivity index (χ4v) is 3.95. The molecule has 0 aromatic heterocycles. The lowest BCUT2D eigenvalue weighted by Crippen LogP contribution is -3.13. The average molecular weight is 297 g/mol. The molecular weight excluding hydrogens is 276 g/mol. The third kappa shape index (κ3) is 3.80. The van der Waals surface area contributed by atoms with Crippen molar-refractivity contribution in [3.63, 3.8) is 0 Å². The van der Waals surface area contributed by atoms with Crippen molar-refractivity contribution in [2.24, 2.45) is 11.7 Å². The summed E-state index contributed by atoms with van der Waals surface area (Å²) in [5.74, 6) is -0.126. The number of sulfone groups is 1. The third-order valence-corrected chi connectivity index (χ3v) is 5.65. The first-order valence-electron chi connectivity index (χ1n) is 6.90. The van der Waals surface area contributed by atoms with Crippen molar-refractivity contribution in [2.75, 3.05) is 25.4 Å². The number of amides is 1. The van der Waals surface area contributed by atoms with Gasteiger partial charge in [0.1, 0.15) is 5.75 Å². The Morgan fingerprint density at radius 2 is 1.80 bits per heavy atom. The van der Waals surface area contributed by atoms with E-state index in [0.29, 0.717) is 11.4 Å². The molecule has 6 heteroatoms. The van der Waals surface area contributed by atoms with Crippen LogP contribution in [0.1, 0.15) is 12.8 Å². The van der Waals surface area contributed by atoms with Gasteiger partial charge in [-0.3, -0.25) is 4.79 Å². The Balaban J connectivity index is 1.86. The Morgan fingerprint density at radius 1 is 1.20 bits per heavy atom. The lowest BCUT2D eigenvalue weighted by Gasteiger charge is -2.27. The molecule has 1 aromatic rings. The number of carbonyl (C=O) groups excluding carboxylic acids is 1. The molecule has 3 N–H and O–H groups in total. The highest BCUT2D eigenvalue weighted by atomic mass is 32.2. The van der Waals surface area contributed by atoms with E-state index >= 15 is 0 Å². The average Bonchev–Trinajstić information content (AvgIpc) is 2.46. The maximum atomic E-state index is 12.2. The zero-order chi connectivity index (χ0) is 14.6. The maximum Gasteiger partial charge on any atom is 0.220 e. The summed E-state index contributed by atoms with van der Waals surface area (Å²) in [4.78, 5) is 12.7. The highest BCUT2D eigenvalue weighted by molar-refractivity contribution is 7.91. The van der Waals surface area contributed by atoms with Gasteiger partial charge in [0.2, 0.25) is 5.91 Å². The zero-order valence-electron chi connectivity index (χ0n) is 11.4. The maximum absolute atomic E-state index is 12.2. The predicted octanol–water partition coefficient (Wildman–Crippen LogP) is -0.759. The minimum atomic E-state index is -3.20. The largest absolute Gasteiger partial charge is 0.369 e. The third-order valence-electron chi connectivity index (χ3n) is 3.92. The monoisotopic (exact) mass is 297 g/mol. The zero-order valence-corrected chi connectivity index (χ0v) is 12.2. The molecule has 0 aliphatic carbocycles. The minimum Gasteiger partial charge on any atom is -0.369 e. The molecule has 1 aliphatic rings. The minimum absolute atomic E-state index is 0.0375. The number of carbonyl (C=O) groups is 1. The second-order valence-corrected chi connectivity index (χ2v) is 7.42. The number of nitrogens with one attached hydrogen (secondary N) is 1. The van der Waals surface area contributed by atoms with E-state index in [0.717, 1.165) is 25.9 Å². The van der Waals surface area contributed by atoms with Crippen LogP contribution < -0.4 is 10.6 Å². The summed E-state index contributed by atoms with van der Waals surface area (Å²) in [5, 5.41) is 0. The number of piperidine rings is 1. The van der Waals surface area contributed by atoms with Gasteiger partial charge in [0, 0.05) is 18.8 Å². The lowest BCUT2D eigenvalue weighted by molar-refractivity contribution is -0.903. The molecule has 1 saturated heterocycles. The van der Waals surface area contributed by atoms with Crippen LogP contribution in [0, 0.1) is 5.92 Å². The topological polar surface area (TPSA) is 81.7 Å². The van der Waals surface area contributed by atoms with Crippen molar-refractivity contribution in [2.45, 2.75) is 17.7 Å². The summed E-state index contributed by atoms with van der Waals surface area (Å²) in [5.41, 5.74) is 5.29. The van der Waals surface area contributed by atoms with Crippen molar-refractivity contribution in [3.8, 4) is 0 Å². The summed E-state index contributed by atoms with van der Waals surface area (Å²) in [6, 6.07) is 8.53. The van der Waals surface area contributed by atoms with Gasteiger partial charge < -0.3 is 10.6 Å².